The van der Waals surface area contributed by atoms with E-state index in [0.29, 0.717) is 10.8 Å². The molecule has 0 aliphatic carbocycles. The number of rotatable bonds is 2. The third kappa shape index (κ3) is 2.47. The molecule has 8 heteroatoms. The van der Waals surface area contributed by atoms with E-state index in [4.69, 9.17) is 4.55 Å². The Morgan fingerprint density at radius 2 is 1.53 bits per heavy atom. The Balaban J connectivity index is 3.11. The van der Waals surface area contributed by atoms with Crippen molar-refractivity contribution in [1.29, 1.82) is 0 Å². The predicted octanol–water partition coefficient (Wildman–Crippen LogP) is 1.64. The molecule has 0 bridgehead atoms. The summed E-state index contributed by atoms with van der Waals surface area (Å²) in [6.07, 6.45) is 0. The van der Waals surface area contributed by atoms with E-state index < -0.39 is 30.0 Å². The van der Waals surface area contributed by atoms with Crippen LogP contribution >= 0.6 is 0 Å². The standard InChI is InChI=1S/C11H10O6S2/c1-7-9-5-3-2-4-8(9)6-10(18(12,13)14)11(7)19(15,16)17/h2-6H,1H3,(H,12,13,14)(H,15,16,17). The summed E-state index contributed by atoms with van der Waals surface area (Å²) in [4.78, 5) is -1.63. The lowest BCUT2D eigenvalue weighted by Gasteiger charge is -2.11. The Morgan fingerprint density at radius 1 is 0.947 bits per heavy atom. The van der Waals surface area contributed by atoms with Crippen LogP contribution in [0.4, 0.5) is 0 Å². The van der Waals surface area contributed by atoms with Gasteiger partial charge in [0.25, 0.3) is 20.2 Å². The van der Waals surface area contributed by atoms with Gasteiger partial charge in [0.2, 0.25) is 0 Å². The number of aryl methyl sites for hydroxylation is 1. The van der Waals surface area contributed by atoms with E-state index in [-0.39, 0.29) is 5.56 Å². The molecule has 0 spiro atoms. The first kappa shape index (κ1) is 13.9. The molecule has 2 aromatic rings. The first-order chi connectivity index (χ1) is 8.62. The van der Waals surface area contributed by atoms with Crippen molar-refractivity contribution in [2.45, 2.75) is 16.7 Å². The molecule has 2 N–H and O–H groups in total. The predicted molar refractivity (Wildman–Crippen MR) is 68.3 cm³/mol. The quantitative estimate of drug-likeness (QED) is 0.816. The lowest BCUT2D eigenvalue weighted by Crippen LogP contribution is -2.10. The molecule has 0 aliphatic heterocycles. The van der Waals surface area contributed by atoms with Crippen LogP contribution in [-0.4, -0.2) is 25.9 Å². The van der Waals surface area contributed by atoms with Crippen LogP contribution < -0.4 is 0 Å². The number of hydrogen-bond acceptors (Lipinski definition) is 4. The highest BCUT2D eigenvalue weighted by atomic mass is 32.2. The van der Waals surface area contributed by atoms with E-state index >= 15 is 0 Å². The van der Waals surface area contributed by atoms with Crippen molar-refractivity contribution < 1.29 is 25.9 Å². The molecular weight excluding hydrogens is 292 g/mol. The summed E-state index contributed by atoms with van der Waals surface area (Å²) in [5.41, 5.74) is 0.0632. The van der Waals surface area contributed by atoms with Crippen LogP contribution in [0.5, 0.6) is 0 Å². The molecule has 0 fully saturated rings. The molecule has 0 saturated heterocycles. The Hall–Kier alpha value is -1.48. The molecule has 0 unspecified atom stereocenters. The third-order valence-electron chi connectivity index (χ3n) is 2.75. The maximum absolute atomic E-state index is 11.3. The molecular formula is C11H10O6S2. The summed E-state index contributed by atoms with van der Waals surface area (Å²) in [7, 11) is -9.55. The van der Waals surface area contributed by atoms with Crippen LogP contribution in [0.3, 0.4) is 0 Å². The van der Waals surface area contributed by atoms with E-state index in [1.807, 2.05) is 0 Å². The summed E-state index contributed by atoms with van der Waals surface area (Å²) in [6.45, 7) is 1.36. The van der Waals surface area contributed by atoms with Gasteiger partial charge in [0.1, 0.15) is 9.79 Å². The third-order valence-corrected chi connectivity index (χ3v) is 4.80. The van der Waals surface area contributed by atoms with Crippen molar-refractivity contribution in [2.24, 2.45) is 0 Å². The minimum absolute atomic E-state index is 0.0632. The van der Waals surface area contributed by atoms with Crippen LogP contribution in [-0.2, 0) is 20.2 Å². The second-order valence-electron chi connectivity index (χ2n) is 4.00. The zero-order valence-corrected chi connectivity index (χ0v) is 11.4. The van der Waals surface area contributed by atoms with Crippen LogP contribution in [0, 0.1) is 6.92 Å². The van der Waals surface area contributed by atoms with Gasteiger partial charge in [-0.1, -0.05) is 24.3 Å². The van der Waals surface area contributed by atoms with Crippen LogP contribution in [0.2, 0.25) is 0 Å². The smallest absolute Gasteiger partial charge is 0.282 e. The van der Waals surface area contributed by atoms with E-state index in [1.54, 1.807) is 24.3 Å². The second kappa shape index (κ2) is 4.27. The van der Waals surface area contributed by atoms with Crippen molar-refractivity contribution in [3.05, 3.63) is 35.9 Å². The van der Waals surface area contributed by atoms with Crippen molar-refractivity contribution in [3.8, 4) is 0 Å². The molecule has 19 heavy (non-hydrogen) atoms. The highest BCUT2D eigenvalue weighted by Gasteiger charge is 2.27. The summed E-state index contributed by atoms with van der Waals surface area (Å²) in [5.74, 6) is 0. The van der Waals surface area contributed by atoms with Gasteiger partial charge in [-0.25, -0.2) is 0 Å². The molecule has 0 amide bonds. The summed E-state index contributed by atoms with van der Waals surface area (Å²) in [6, 6.07) is 7.47. The zero-order valence-electron chi connectivity index (χ0n) is 9.73. The molecule has 0 aliphatic rings. The Morgan fingerprint density at radius 3 is 2.05 bits per heavy atom. The summed E-state index contributed by atoms with van der Waals surface area (Å²) >= 11 is 0. The first-order valence-corrected chi connectivity index (χ1v) is 7.97. The lowest BCUT2D eigenvalue weighted by atomic mass is 10.1. The van der Waals surface area contributed by atoms with Gasteiger partial charge in [-0.2, -0.15) is 16.8 Å². The van der Waals surface area contributed by atoms with Gasteiger partial charge < -0.3 is 0 Å². The van der Waals surface area contributed by atoms with E-state index in [1.165, 1.54) is 6.92 Å². The van der Waals surface area contributed by atoms with E-state index in [0.717, 1.165) is 6.07 Å². The van der Waals surface area contributed by atoms with Gasteiger partial charge in [-0.3, -0.25) is 9.11 Å². The average molecular weight is 302 g/mol. The molecule has 0 heterocycles. The van der Waals surface area contributed by atoms with Crippen molar-refractivity contribution in [1.82, 2.24) is 0 Å². The SMILES string of the molecule is Cc1c(S(=O)(=O)O)c(S(=O)(=O)O)cc2ccccc12. The van der Waals surface area contributed by atoms with Crippen molar-refractivity contribution >= 4 is 31.0 Å². The Labute approximate surface area is 110 Å². The zero-order chi connectivity index (χ0) is 14.4. The first-order valence-electron chi connectivity index (χ1n) is 5.09. The average Bonchev–Trinajstić information content (AvgIpc) is 2.26. The summed E-state index contributed by atoms with van der Waals surface area (Å²) < 4.78 is 63.5. The molecule has 0 saturated carbocycles. The lowest BCUT2D eigenvalue weighted by molar-refractivity contribution is 0.466. The second-order valence-corrected chi connectivity index (χ2v) is 6.75. The van der Waals surface area contributed by atoms with Gasteiger partial charge in [0, 0.05) is 0 Å². The minimum Gasteiger partial charge on any atom is -0.282 e. The maximum atomic E-state index is 11.3. The van der Waals surface area contributed by atoms with E-state index in [2.05, 4.69) is 0 Å². The maximum Gasteiger partial charge on any atom is 0.296 e. The fourth-order valence-electron chi connectivity index (χ4n) is 1.99. The summed E-state index contributed by atoms with van der Waals surface area (Å²) in [5, 5.41) is 0.919. The van der Waals surface area contributed by atoms with Crippen LogP contribution in [0.25, 0.3) is 10.8 Å². The molecule has 102 valence electrons. The van der Waals surface area contributed by atoms with Crippen LogP contribution in [0.1, 0.15) is 5.56 Å². The highest BCUT2D eigenvalue weighted by Crippen LogP contribution is 2.31. The minimum atomic E-state index is -4.78. The topological polar surface area (TPSA) is 109 Å². The largest absolute Gasteiger partial charge is 0.296 e. The van der Waals surface area contributed by atoms with Crippen molar-refractivity contribution in [3.63, 3.8) is 0 Å². The number of fused-ring (bicyclic) bond motifs is 1. The molecule has 0 aromatic heterocycles. The number of benzene rings is 2. The van der Waals surface area contributed by atoms with Gasteiger partial charge >= 0.3 is 0 Å². The van der Waals surface area contributed by atoms with Gasteiger partial charge in [-0.05, 0) is 29.3 Å². The molecule has 2 aromatic carbocycles. The highest BCUT2D eigenvalue weighted by molar-refractivity contribution is 7.89. The van der Waals surface area contributed by atoms with Crippen LogP contribution in [0.15, 0.2) is 40.1 Å². The fraction of sp³-hybridized carbons (Fsp3) is 0.0909. The molecule has 2 rings (SSSR count). The normalized spacial score (nSPS) is 12.8. The Kier molecular flexibility index (Phi) is 3.13. The van der Waals surface area contributed by atoms with E-state index in [9.17, 15) is 21.4 Å². The van der Waals surface area contributed by atoms with Gasteiger partial charge in [-0.15, -0.1) is 0 Å². The van der Waals surface area contributed by atoms with Gasteiger partial charge in [0.05, 0.1) is 0 Å². The molecule has 0 radical (unpaired) electrons. The number of hydrogen-bond donors (Lipinski definition) is 2. The monoisotopic (exact) mass is 302 g/mol. The van der Waals surface area contributed by atoms with Gasteiger partial charge in [0.15, 0.2) is 0 Å². The fourth-order valence-corrected chi connectivity index (χ4v) is 4.10. The molecule has 6 nitrogen and oxygen atoms in total. The molecule has 0 atom stereocenters. The Bertz CT molecular complexity index is 865. The van der Waals surface area contributed by atoms with Crippen molar-refractivity contribution in [2.75, 3.05) is 0 Å².